The van der Waals surface area contributed by atoms with Crippen molar-refractivity contribution in [3.8, 4) is 11.5 Å². The van der Waals surface area contributed by atoms with Crippen LogP contribution in [0.4, 0.5) is 16.2 Å². The molecule has 3 heterocycles. The molecule has 0 bridgehead atoms. The maximum atomic E-state index is 14.1. The largest absolute Gasteiger partial charge is 0.733 e. The van der Waals surface area contributed by atoms with Crippen molar-refractivity contribution in [1.29, 1.82) is 0 Å². The summed E-state index contributed by atoms with van der Waals surface area (Å²) < 4.78 is 11.9. The minimum Gasteiger partial charge on any atom is -0.733 e. The van der Waals surface area contributed by atoms with E-state index in [1.165, 1.54) is 24.3 Å². The summed E-state index contributed by atoms with van der Waals surface area (Å²) >= 11 is 0. The topological polar surface area (TPSA) is 121 Å². The number of nitrogens with one attached hydrogen (secondary N) is 1. The first-order chi connectivity index (χ1) is 19.8. The zero-order valence-electron chi connectivity index (χ0n) is 23.1. The highest BCUT2D eigenvalue weighted by atomic mass is 16.8. The zero-order valence-corrected chi connectivity index (χ0v) is 23.1. The lowest BCUT2D eigenvalue weighted by Gasteiger charge is -2.40. The number of amides is 3. The van der Waals surface area contributed by atoms with Crippen molar-refractivity contribution in [3.05, 3.63) is 88.8 Å². The first kappa shape index (κ1) is 26.7. The van der Waals surface area contributed by atoms with Gasteiger partial charge in [-0.3, -0.25) is 10.0 Å². The van der Waals surface area contributed by atoms with Gasteiger partial charge in [0.1, 0.15) is 0 Å². The molecule has 212 valence electrons. The number of imide groups is 1. The number of nitrogens with zero attached hydrogens (tertiary/aromatic N) is 3. The number of ether oxygens (including phenoxy) is 2. The van der Waals surface area contributed by atoms with Gasteiger partial charge in [0.2, 0.25) is 0 Å². The van der Waals surface area contributed by atoms with Crippen LogP contribution in [0.5, 0.6) is 11.5 Å². The highest BCUT2D eigenvalue weighted by Gasteiger charge is 2.60. The summed E-state index contributed by atoms with van der Waals surface area (Å²) in [5.41, 5.74) is 2.46. The molecule has 10 nitrogen and oxygen atoms in total. The number of carbonyl (C=O) groups excluding carboxylic acids is 2. The Morgan fingerprint density at radius 1 is 1.05 bits per heavy atom. The number of aromatic nitrogens is 1. The second-order valence-electron chi connectivity index (χ2n) is 10.4. The normalized spacial score (nSPS) is 19.9. The van der Waals surface area contributed by atoms with Gasteiger partial charge >= 0.3 is 6.03 Å². The van der Waals surface area contributed by atoms with Gasteiger partial charge < -0.3 is 29.8 Å². The molecule has 6 rings (SSSR count). The maximum absolute atomic E-state index is 14.1. The number of carbonyl (C=O) groups is 2. The van der Waals surface area contributed by atoms with Crippen molar-refractivity contribution in [2.75, 3.05) is 29.9 Å². The van der Waals surface area contributed by atoms with Crippen LogP contribution < -0.4 is 19.6 Å². The van der Waals surface area contributed by atoms with Gasteiger partial charge in [-0.2, -0.15) is 0 Å². The van der Waals surface area contributed by atoms with Crippen LogP contribution >= 0.6 is 0 Å². The molecular formula is C31H31N4O6-. The van der Waals surface area contributed by atoms with Crippen molar-refractivity contribution in [2.45, 2.75) is 38.6 Å². The number of para-hydroxylation sites is 1. The molecule has 3 amide bonds. The molecule has 4 aromatic rings. The fraction of sp³-hybridized carbons (Fsp3) is 0.290. The summed E-state index contributed by atoms with van der Waals surface area (Å²) in [4.78, 5) is 34.3. The molecule has 0 radical (unpaired) electrons. The van der Waals surface area contributed by atoms with Crippen molar-refractivity contribution in [1.82, 2.24) is 9.88 Å². The van der Waals surface area contributed by atoms with Gasteiger partial charge in [0.25, 0.3) is 5.91 Å². The standard InChI is InChI=1S/C31H31N4O6/c1-4-16-41-25-15-10-19(17-26(25)40-5-2)23-18-33-30(37)34(20-11-13-21(14-12-20)35(38)39)29(36)31(33,3)28-27(23)22-8-6-7-9-24(22)32-28/h6-15,17,23,32,38H,4-5,16,18H2,1-3H3/q-1. The Morgan fingerprint density at radius 2 is 1.80 bits per heavy atom. The van der Waals surface area contributed by atoms with E-state index in [-0.39, 0.29) is 23.4 Å². The Morgan fingerprint density at radius 3 is 2.51 bits per heavy atom. The van der Waals surface area contributed by atoms with Crippen LogP contribution in [0.2, 0.25) is 0 Å². The molecule has 2 N–H and O–H groups in total. The van der Waals surface area contributed by atoms with Crippen LogP contribution in [0.15, 0.2) is 66.7 Å². The molecule has 2 aliphatic rings. The zero-order chi connectivity index (χ0) is 28.9. The number of anilines is 2. The average Bonchev–Trinajstić information content (AvgIpc) is 3.46. The molecule has 0 spiro atoms. The SMILES string of the molecule is CCCOc1ccc(C2CN3C(=O)N(c4ccc(N([O-])O)cc4)C(=O)C3(C)c3[nH]c4ccccc4c32)cc1OCC. The summed E-state index contributed by atoms with van der Waals surface area (Å²) in [7, 11) is 0. The molecule has 2 unspecified atom stereocenters. The smallest absolute Gasteiger partial charge is 0.332 e. The van der Waals surface area contributed by atoms with Gasteiger partial charge in [0.15, 0.2) is 17.0 Å². The molecule has 2 aliphatic heterocycles. The number of hydrogen-bond acceptors (Lipinski definition) is 7. The Balaban J connectivity index is 1.49. The molecule has 3 aromatic carbocycles. The number of H-pyrrole nitrogens is 1. The predicted octanol–water partition coefficient (Wildman–Crippen LogP) is 5.88. The molecule has 0 aliphatic carbocycles. The van der Waals surface area contributed by atoms with Crippen molar-refractivity contribution < 1.29 is 24.3 Å². The molecule has 1 fully saturated rings. The first-order valence-electron chi connectivity index (χ1n) is 13.7. The van der Waals surface area contributed by atoms with E-state index in [0.29, 0.717) is 36.1 Å². The number of hydrogen-bond donors (Lipinski definition) is 2. The average molecular weight is 556 g/mol. The lowest BCUT2D eigenvalue weighted by Crippen LogP contribution is -2.50. The van der Waals surface area contributed by atoms with Gasteiger partial charge in [-0.05, 0) is 73.9 Å². The second-order valence-corrected chi connectivity index (χ2v) is 10.4. The molecule has 41 heavy (non-hydrogen) atoms. The maximum Gasteiger partial charge on any atom is 0.332 e. The molecule has 1 saturated heterocycles. The van der Waals surface area contributed by atoms with E-state index in [2.05, 4.69) is 4.98 Å². The summed E-state index contributed by atoms with van der Waals surface area (Å²) in [6.45, 7) is 7.04. The third-order valence-electron chi connectivity index (χ3n) is 7.99. The lowest BCUT2D eigenvalue weighted by molar-refractivity contribution is -0.125. The predicted molar refractivity (Wildman–Crippen MR) is 155 cm³/mol. The first-order valence-corrected chi connectivity index (χ1v) is 13.7. The number of benzene rings is 3. The van der Waals surface area contributed by atoms with E-state index in [4.69, 9.17) is 9.47 Å². The number of aromatic amines is 1. The van der Waals surface area contributed by atoms with Gasteiger partial charge in [-0.15, -0.1) is 0 Å². The summed E-state index contributed by atoms with van der Waals surface area (Å²) in [6, 6.07) is 19.0. The number of rotatable bonds is 8. The van der Waals surface area contributed by atoms with Crippen molar-refractivity contribution >= 4 is 34.2 Å². The number of urea groups is 1. The van der Waals surface area contributed by atoms with Crippen LogP contribution in [-0.4, -0.2) is 46.8 Å². The van der Waals surface area contributed by atoms with E-state index in [9.17, 15) is 20.0 Å². The van der Waals surface area contributed by atoms with Crippen LogP contribution in [0.25, 0.3) is 10.9 Å². The minimum absolute atomic E-state index is 0.00814. The molecular weight excluding hydrogens is 524 g/mol. The van der Waals surface area contributed by atoms with Crippen LogP contribution in [0.3, 0.4) is 0 Å². The minimum atomic E-state index is -1.28. The lowest BCUT2D eigenvalue weighted by atomic mass is 9.78. The monoisotopic (exact) mass is 555 g/mol. The fourth-order valence-corrected chi connectivity index (χ4v) is 5.99. The van der Waals surface area contributed by atoms with Gasteiger partial charge in [0, 0.05) is 23.4 Å². The Bertz CT molecular complexity index is 1630. The van der Waals surface area contributed by atoms with E-state index >= 15 is 0 Å². The van der Waals surface area contributed by atoms with Crippen LogP contribution in [0, 0.1) is 5.21 Å². The highest BCUT2D eigenvalue weighted by molar-refractivity contribution is 6.23. The summed E-state index contributed by atoms with van der Waals surface area (Å²) in [6.07, 6.45) is 0.868. The second kappa shape index (κ2) is 10.1. The Hall–Kier alpha value is -4.54. The quantitative estimate of drug-likeness (QED) is 0.206. The van der Waals surface area contributed by atoms with Gasteiger partial charge in [-0.1, -0.05) is 31.2 Å². The molecule has 0 saturated carbocycles. The fourth-order valence-electron chi connectivity index (χ4n) is 5.99. The van der Waals surface area contributed by atoms with Crippen LogP contribution in [0.1, 0.15) is 49.9 Å². The Labute approximate surface area is 237 Å². The highest BCUT2D eigenvalue weighted by Crippen LogP contribution is 2.51. The van der Waals surface area contributed by atoms with E-state index < -0.39 is 17.5 Å². The van der Waals surface area contributed by atoms with Crippen LogP contribution in [-0.2, 0) is 10.3 Å². The molecule has 1 aromatic heterocycles. The Kier molecular flexibility index (Phi) is 6.59. The van der Waals surface area contributed by atoms with E-state index in [1.54, 1.807) is 11.8 Å². The molecule has 10 heteroatoms. The number of fused-ring (bicyclic) bond motifs is 5. The summed E-state index contributed by atoms with van der Waals surface area (Å²) in [5, 5.41) is 21.2. The third kappa shape index (κ3) is 4.10. The third-order valence-corrected chi connectivity index (χ3v) is 7.99. The van der Waals surface area contributed by atoms with Gasteiger partial charge in [0.05, 0.1) is 30.3 Å². The van der Waals surface area contributed by atoms with E-state index in [1.807, 2.05) is 56.3 Å². The molecule has 2 atom stereocenters. The summed E-state index contributed by atoms with van der Waals surface area (Å²) in [5.74, 6) is 0.646. The van der Waals surface area contributed by atoms with Crippen molar-refractivity contribution in [2.24, 2.45) is 0 Å². The van der Waals surface area contributed by atoms with E-state index in [0.717, 1.165) is 33.4 Å². The van der Waals surface area contributed by atoms with Crippen molar-refractivity contribution in [3.63, 3.8) is 0 Å². The van der Waals surface area contributed by atoms with Gasteiger partial charge in [-0.25, -0.2) is 9.69 Å².